The third kappa shape index (κ3) is 3.30. The summed E-state index contributed by atoms with van der Waals surface area (Å²) in [6.07, 6.45) is 2.54. The lowest BCUT2D eigenvalue weighted by Gasteiger charge is -2.24. The first-order valence-electron chi connectivity index (χ1n) is 6.95. The average Bonchev–Trinajstić information content (AvgIpc) is 2.90. The summed E-state index contributed by atoms with van der Waals surface area (Å²) < 4.78 is 4.59. The number of carbonyl (C=O) groups excluding carboxylic acids is 1. The number of carbonyl (C=O) groups is 1. The molecule has 6 heteroatoms. The Hall–Kier alpha value is -1.56. The summed E-state index contributed by atoms with van der Waals surface area (Å²) in [7, 11) is 1.35. The highest BCUT2D eigenvalue weighted by Gasteiger charge is 2.22. The van der Waals surface area contributed by atoms with Gasteiger partial charge >= 0.3 is 6.09 Å². The molecule has 20 heavy (non-hydrogen) atoms. The first-order chi connectivity index (χ1) is 9.67. The van der Waals surface area contributed by atoms with Gasteiger partial charge in [-0.3, -0.25) is 10.3 Å². The fourth-order valence-corrected chi connectivity index (χ4v) is 3.54. The Morgan fingerprint density at radius 3 is 3.00 bits per heavy atom. The van der Waals surface area contributed by atoms with Crippen molar-refractivity contribution in [2.24, 2.45) is 4.99 Å². The smallest absolute Gasteiger partial charge is 0.413 e. The topological polar surface area (TPSA) is 62.7 Å². The van der Waals surface area contributed by atoms with Crippen molar-refractivity contribution < 1.29 is 9.53 Å². The molecule has 1 unspecified atom stereocenters. The van der Waals surface area contributed by atoms with Gasteiger partial charge in [0.15, 0.2) is 0 Å². The van der Waals surface area contributed by atoms with E-state index in [-0.39, 0.29) is 6.04 Å². The van der Waals surface area contributed by atoms with Gasteiger partial charge in [0, 0.05) is 16.3 Å². The summed E-state index contributed by atoms with van der Waals surface area (Å²) in [5, 5.41) is 5.90. The Kier molecular flexibility index (Phi) is 5.00. The number of aliphatic imine (C=N–C) groups is 1. The van der Waals surface area contributed by atoms with E-state index >= 15 is 0 Å². The number of methoxy groups -OCH3 is 1. The molecular formula is C14H21N3O2S. The van der Waals surface area contributed by atoms with Crippen LogP contribution in [0, 0.1) is 0 Å². The molecule has 0 aliphatic carbocycles. The zero-order valence-corrected chi connectivity index (χ0v) is 13.0. The summed E-state index contributed by atoms with van der Waals surface area (Å²) >= 11 is 1.86. The number of hydrogen-bond acceptors (Lipinski definition) is 5. The lowest BCUT2D eigenvalue weighted by Crippen LogP contribution is -2.45. The van der Waals surface area contributed by atoms with Crippen LogP contribution >= 0.6 is 11.3 Å². The molecule has 110 valence electrons. The monoisotopic (exact) mass is 295 g/mol. The molecule has 1 aliphatic heterocycles. The molecule has 2 N–H and O–H groups in total. The fourth-order valence-electron chi connectivity index (χ4n) is 2.26. The summed E-state index contributed by atoms with van der Waals surface area (Å²) in [5.74, 6) is 0.501. The fraction of sp³-hybridized carbons (Fsp3) is 0.571. The highest BCUT2D eigenvalue weighted by molar-refractivity contribution is 7.12. The lowest BCUT2D eigenvalue weighted by atomic mass is 10.1. The van der Waals surface area contributed by atoms with Crippen molar-refractivity contribution in [2.45, 2.75) is 39.2 Å². The minimum absolute atomic E-state index is 0.222. The van der Waals surface area contributed by atoms with Crippen LogP contribution in [0.15, 0.2) is 11.1 Å². The first kappa shape index (κ1) is 14.8. The molecule has 1 atom stereocenters. The van der Waals surface area contributed by atoms with Crippen molar-refractivity contribution in [3.8, 4) is 0 Å². The quantitative estimate of drug-likeness (QED) is 0.901. The summed E-state index contributed by atoms with van der Waals surface area (Å²) in [4.78, 5) is 18.3. The van der Waals surface area contributed by atoms with Gasteiger partial charge in [0.25, 0.3) is 0 Å². The molecule has 0 radical (unpaired) electrons. The van der Waals surface area contributed by atoms with Crippen molar-refractivity contribution in [3.05, 3.63) is 21.4 Å². The van der Waals surface area contributed by atoms with Gasteiger partial charge in [0.2, 0.25) is 5.96 Å². The van der Waals surface area contributed by atoms with E-state index in [1.165, 1.54) is 22.4 Å². The summed E-state index contributed by atoms with van der Waals surface area (Å²) in [5.41, 5.74) is 1.39. The minimum Gasteiger partial charge on any atom is -0.453 e. The van der Waals surface area contributed by atoms with E-state index < -0.39 is 6.09 Å². The van der Waals surface area contributed by atoms with Gasteiger partial charge in [-0.1, -0.05) is 13.8 Å². The second kappa shape index (κ2) is 6.74. The molecule has 1 aliphatic rings. The van der Waals surface area contributed by atoms with Crippen LogP contribution in [-0.4, -0.2) is 25.7 Å². The Morgan fingerprint density at radius 2 is 2.35 bits per heavy atom. The third-order valence-electron chi connectivity index (χ3n) is 3.34. The highest BCUT2D eigenvalue weighted by Crippen LogP contribution is 2.32. The average molecular weight is 295 g/mol. The predicted molar refractivity (Wildman–Crippen MR) is 81.4 cm³/mol. The van der Waals surface area contributed by atoms with Gasteiger partial charge in [-0.15, -0.1) is 11.3 Å². The number of thiophene rings is 1. The number of aryl methyl sites for hydroxylation is 2. The van der Waals surface area contributed by atoms with E-state index in [4.69, 9.17) is 0 Å². The highest BCUT2D eigenvalue weighted by atomic mass is 32.1. The maximum atomic E-state index is 11.2. The number of amides is 1. The summed E-state index contributed by atoms with van der Waals surface area (Å²) in [6.45, 7) is 5.06. The maximum Gasteiger partial charge on any atom is 0.413 e. The van der Waals surface area contributed by atoms with Crippen LogP contribution in [-0.2, 0) is 17.6 Å². The summed E-state index contributed by atoms with van der Waals surface area (Å²) in [6, 6.07) is 2.51. The number of ether oxygens (including phenoxy) is 1. The van der Waals surface area contributed by atoms with Gasteiger partial charge in [-0.25, -0.2) is 4.79 Å². The molecule has 2 rings (SSSR count). The van der Waals surface area contributed by atoms with E-state index in [1.54, 1.807) is 0 Å². The zero-order valence-electron chi connectivity index (χ0n) is 12.2. The lowest BCUT2D eigenvalue weighted by molar-refractivity contribution is 0.176. The van der Waals surface area contributed by atoms with Gasteiger partial charge in [0.05, 0.1) is 13.2 Å². The number of hydrogen-bond donors (Lipinski definition) is 2. The van der Waals surface area contributed by atoms with Crippen LogP contribution < -0.4 is 10.6 Å². The molecule has 0 bridgehead atoms. The molecule has 0 saturated heterocycles. The molecule has 0 fully saturated rings. The second-order valence-electron chi connectivity index (χ2n) is 4.64. The van der Waals surface area contributed by atoms with Crippen molar-refractivity contribution in [2.75, 3.05) is 13.7 Å². The van der Waals surface area contributed by atoms with E-state index in [1.807, 2.05) is 11.3 Å². The Balaban J connectivity index is 2.12. The second-order valence-corrected chi connectivity index (χ2v) is 5.81. The van der Waals surface area contributed by atoms with Crippen molar-refractivity contribution in [3.63, 3.8) is 0 Å². The van der Waals surface area contributed by atoms with E-state index in [2.05, 4.69) is 40.3 Å². The molecule has 5 nitrogen and oxygen atoms in total. The van der Waals surface area contributed by atoms with Gasteiger partial charge in [-0.05, 0) is 30.9 Å². The van der Waals surface area contributed by atoms with E-state index in [9.17, 15) is 4.79 Å². The zero-order chi connectivity index (χ0) is 14.5. The molecule has 2 heterocycles. The maximum absolute atomic E-state index is 11.2. The van der Waals surface area contributed by atoms with E-state index in [0.717, 1.165) is 19.3 Å². The standard InChI is InChI=1S/C14H21N3O2S/c1-4-9-8-10(5-2)20-12(9)11-6-7-15-13(16-11)17-14(18)19-3/h8,11H,4-7H2,1-3H3,(H2,15,16,17,18). The van der Waals surface area contributed by atoms with Crippen LogP contribution in [0.25, 0.3) is 0 Å². The van der Waals surface area contributed by atoms with Gasteiger partial charge in [0.1, 0.15) is 0 Å². The van der Waals surface area contributed by atoms with E-state index in [0.29, 0.717) is 12.5 Å². The van der Waals surface area contributed by atoms with Crippen molar-refractivity contribution in [1.29, 1.82) is 0 Å². The predicted octanol–water partition coefficient (Wildman–Crippen LogP) is 2.62. The number of guanidine groups is 1. The van der Waals surface area contributed by atoms with Gasteiger partial charge in [-0.2, -0.15) is 0 Å². The first-order valence-corrected chi connectivity index (χ1v) is 7.77. The number of alkyl carbamates (subject to hydrolysis) is 1. The van der Waals surface area contributed by atoms with Crippen LogP contribution in [0.1, 0.15) is 41.6 Å². The van der Waals surface area contributed by atoms with Crippen molar-refractivity contribution >= 4 is 23.4 Å². The number of nitrogens with one attached hydrogen (secondary N) is 2. The Morgan fingerprint density at radius 1 is 1.55 bits per heavy atom. The minimum atomic E-state index is -0.493. The molecular weight excluding hydrogens is 274 g/mol. The van der Waals surface area contributed by atoms with Crippen LogP contribution in [0.5, 0.6) is 0 Å². The largest absolute Gasteiger partial charge is 0.453 e. The molecule has 1 aromatic rings. The van der Waals surface area contributed by atoms with Crippen LogP contribution in [0.4, 0.5) is 4.79 Å². The third-order valence-corrected chi connectivity index (χ3v) is 4.78. The Labute approximate surface area is 123 Å². The number of nitrogens with zero attached hydrogens (tertiary/aromatic N) is 1. The molecule has 0 saturated carbocycles. The number of rotatable bonds is 3. The SMILES string of the molecule is CCc1cc(CC)c(C2CCN=C(NC(=O)OC)N2)s1. The van der Waals surface area contributed by atoms with Crippen LogP contribution in [0.2, 0.25) is 0 Å². The molecule has 1 aromatic heterocycles. The van der Waals surface area contributed by atoms with Crippen molar-refractivity contribution in [1.82, 2.24) is 10.6 Å². The Bertz CT molecular complexity index is 511. The normalized spacial score (nSPS) is 18.1. The van der Waals surface area contributed by atoms with Crippen LogP contribution in [0.3, 0.4) is 0 Å². The molecule has 1 amide bonds. The molecule has 0 aromatic carbocycles. The van der Waals surface area contributed by atoms with Gasteiger partial charge < -0.3 is 10.1 Å². The molecule has 0 spiro atoms.